The van der Waals surface area contributed by atoms with E-state index in [9.17, 15) is 4.39 Å². The van der Waals surface area contributed by atoms with Crippen LogP contribution < -0.4 is 10.2 Å². The molecular formula is C23H21FN6O. The maximum atomic E-state index is 13.5. The zero-order valence-electron chi connectivity index (χ0n) is 16.8. The van der Waals surface area contributed by atoms with E-state index in [-0.39, 0.29) is 17.9 Å². The van der Waals surface area contributed by atoms with Crippen molar-refractivity contribution >= 4 is 17.0 Å². The van der Waals surface area contributed by atoms with E-state index in [0.29, 0.717) is 13.2 Å². The third-order valence-corrected chi connectivity index (χ3v) is 5.94. The van der Waals surface area contributed by atoms with Crippen molar-refractivity contribution in [2.75, 3.05) is 31.2 Å². The van der Waals surface area contributed by atoms with Crippen LogP contribution in [-0.2, 0) is 4.74 Å². The first-order chi connectivity index (χ1) is 15.3. The van der Waals surface area contributed by atoms with Gasteiger partial charge in [-0.25, -0.2) is 14.4 Å². The summed E-state index contributed by atoms with van der Waals surface area (Å²) in [6.07, 6.45) is 3.50. The van der Waals surface area contributed by atoms with Gasteiger partial charge in [0.25, 0.3) is 0 Å². The van der Waals surface area contributed by atoms with E-state index >= 15 is 0 Å². The van der Waals surface area contributed by atoms with Crippen LogP contribution in [0.4, 0.5) is 10.2 Å². The summed E-state index contributed by atoms with van der Waals surface area (Å²) in [6.45, 7) is 3.13. The van der Waals surface area contributed by atoms with Crippen molar-refractivity contribution in [1.82, 2.24) is 24.8 Å². The molecule has 3 aromatic heterocycles. The molecule has 31 heavy (non-hydrogen) atoms. The average Bonchev–Trinajstić information content (AvgIpc) is 3.18. The number of nitrogens with zero attached hydrogens (tertiary/aromatic N) is 5. The van der Waals surface area contributed by atoms with Gasteiger partial charge in [0.05, 0.1) is 31.0 Å². The molecule has 1 N–H and O–H groups in total. The van der Waals surface area contributed by atoms with Crippen molar-refractivity contribution in [2.45, 2.75) is 12.1 Å². The van der Waals surface area contributed by atoms with Gasteiger partial charge < -0.3 is 15.0 Å². The number of halogens is 1. The topological polar surface area (TPSA) is 68.1 Å². The Hall–Kier alpha value is -3.36. The molecule has 8 heteroatoms. The van der Waals surface area contributed by atoms with Gasteiger partial charge >= 0.3 is 0 Å². The minimum Gasteiger partial charge on any atom is -0.377 e. The summed E-state index contributed by atoms with van der Waals surface area (Å²) in [5.74, 6) is 1.37. The van der Waals surface area contributed by atoms with E-state index < -0.39 is 0 Å². The lowest BCUT2D eigenvalue weighted by Crippen LogP contribution is -2.64. The van der Waals surface area contributed by atoms with E-state index in [2.05, 4.69) is 15.2 Å². The molecule has 5 heterocycles. The minimum absolute atomic E-state index is 0.256. The monoisotopic (exact) mass is 416 g/mol. The van der Waals surface area contributed by atoms with Crippen molar-refractivity contribution in [3.05, 3.63) is 66.7 Å². The third kappa shape index (κ3) is 3.15. The molecule has 2 unspecified atom stereocenters. The number of morpholine rings is 1. The van der Waals surface area contributed by atoms with Crippen molar-refractivity contribution in [2.24, 2.45) is 0 Å². The Labute approximate surface area is 178 Å². The number of nitrogens with one attached hydrogen (secondary N) is 1. The molecule has 0 amide bonds. The number of hydrogen-bond donors (Lipinski definition) is 1. The van der Waals surface area contributed by atoms with Crippen LogP contribution >= 0.6 is 0 Å². The number of benzene rings is 1. The number of hydrogen-bond acceptors (Lipinski definition) is 6. The van der Waals surface area contributed by atoms with Crippen LogP contribution in [0.15, 0.2) is 60.9 Å². The Morgan fingerprint density at radius 1 is 0.903 bits per heavy atom. The molecule has 0 radical (unpaired) electrons. The minimum atomic E-state index is -0.275. The summed E-state index contributed by atoms with van der Waals surface area (Å²) in [5, 5.41) is 3.49. The fourth-order valence-electron chi connectivity index (χ4n) is 4.53. The Morgan fingerprint density at radius 3 is 2.39 bits per heavy atom. The summed E-state index contributed by atoms with van der Waals surface area (Å²) in [6, 6.07) is 14.8. The average molecular weight is 416 g/mol. The number of piperazine rings is 1. The Bertz CT molecular complexity index is 1200. The lowest BCUT2D eigenvalue weighted by Gasteiger charge is -2.46. The molecule has 4 aromatic rings. The second kappa shape index (κ2) is 7.40. The van der Waals surface area contributed by atoms with E-state index in [1.165, 1.54) is 12.1 Å². The molecular weight excluding hydrogens is 395 g/mol. The highest BCUT2D eigenvalue weighted by atomic mass is 19.1. The SMILES string of the molecule is Fc1ccc(-c2nc3ccc(N4C5CNCC4COC5)nc3n2-c2ccncc2)cc1. The third-order valence-electron chi connectivity index (χ3n) is 5.94. The van der Waals surface area contributed by atoms with Crippen molar-refractivity contribution in [3.63, 3.8) is 0 Å². The van der Waals surface area contributed by atoms with E-state index in [0.717, 1.165) is 47.1 Å². The van der Waals surface area contributed by atoms with Crippen LogP contribution in [0.3, 0.4) is 0 Å². The highest BCUT2D eigenvalue weighted by Gasteiger charge is 2.35. The molecule has 2 bridgehead atoms. The molecule has 2 aliphatic rings. The molecule has 0 aliphatic carbocycles. The smallest absolute Gasteiger partial charge is 0.167 e. The number of ether oxygens (including phenoxy) is 1. The van der Waals surface area contributed by atoms with Gasteiger partial charge in [0.15, 0.2) is 5.65 Å². The molecule has 0 spiro atoms. The first-order valence-electron chi connectivity index (χ1n) is 10.4. The van der Waals surface area contributed by atoms with Gasteiger partial charge in [0, 0.05) is 31.0 Å². The van der Waals surface area contributed by atoms with E-state index in [4.69, 9.17) is 14.7 Å². The standard InChI is InChI=1S/C23H21FN6O/c24-16-3-1-15(2-4-16)22-27-20-5-6-21(29-18-11-26-12-19(29)14-31-13-18)28-23(20)30(22)17-7-9-25-10-8-17/h1-10,18-19,26H,11-14H2. The normalized spacial score (nSPS) is 20.9. The van der Waals surface area contributed by atoms with E-state index in [1.807, 2.05) is 28.8 Å². The van der Waals surface area contributed by atoms with Crippen LogP contribution in [0.25, 0.3) is 28.2 Å². The van der Waals surface area contributed by atoms with Crippen molar-refractivity contribution < 1.29 is 9.13 Å². The Balaban J connectivity index is 1.54. The van der Waals surface area contributed by atoms with Gasteiger partial charge in [0.2, 0.25) is 0 Å². The largest absolute Gasteiger partial charge is 0.377 e. The van der Waals surface area contributed by atoms with Gasteiger partial charge in [0.1, 0.15) is 23.0 Å². The zero-order chi connectivity index (χ0) is 20.8. The maximum Gasteiger partial charge on any atom is 0.167 e. The molecule has 6 rings (SSSR count). The summed E-state index contributed by atoms with van der Waals surface area (Å²) in [5.41, 5.74) is 3.28. The summed E-state index contributed by atoms with van der Waals surface area (Å²) < 4.78 is 21.3. The number of aromatic nitrogens is 4. The fraction of sp³-hybridized carbons (Fsp3) is 0.261. The molecule has 1 aromatic carbocycles. The lowest BCUT2D eigenvalue weighted by molar-refractivity contribution is 0.0523. The van der Waals surface area contributed by atoms with Gasteiger partial charge in [-0.3, -0.25) is 9.55 Å². The summed E-state index contributed by atoms with van der Waals surface area (Å²) in [7, 11) is 0. The number of fused-ring (bicyclic) bond motifs is 3. The number of pyridine rings is 2. The second-order valence-electron chi connectivity index (χ2n) is 7.91. The molecule has 2 aliphatic heterocycles. The predicted molar refractivity (Wildman–Crippen MR) is 116 cm³/mol. The van der Waals surface area contributed by atoms with Crippen LogP contribution in [0.1, 0.15) is 0 Å². The molecule has 2 fully saturated rings. The van der Waals surface area contributed by atoms with Crippen LogP contribution in [0.5, 0.6) is 0 Å². The maximum absolute atomic E-state index is 13.5. The molecule has 2 saturated heterocycles. The number of imidazole rings is 1. The highest BCUT2D eigenvalue weighted by Crippen LogP contribution is 2.31. The van der Waals surface area contributed by atoms with Crippen LogP contribution in [0, 0.1) is 5.82 Å². The Kier molecular flexibility index (Phi) is 4.40. The van der Waals surface area contributed by atoms with Gasteiger partial charge in [-0.1, -0.05) is 0 Å². The van der Waals surface area contributed by atoms with Gasteiger partial charge in [-0.15, -0.1) is 0 Å². The number of rotatable bonds is 3. The molecule has 7 nitrogen and oxygen atoms in total. The van der Waals surface area contributed by atoms with Crippen LogP contribution in [-0.4, -0.2) is 57.9 Å². The first-order valence-corrected chi connectivity index (χ1v) is 10.4. The summed E-state index contributed by atoms with van der Waals surface area (Å²) in [4.78, 5) is 16.4. The zero-order valence-corrected chi connectivity index (χ0v) is 16.8. The summed E-state index contributed by atoms with van der Waals surface area (Å²) >= 11 is 0. The molecule has 156 valence electrons. The fourth-order valence-corrected chi connectivity index (χ4v) is 4.53. The highest BCUT2D eigenvalue weighted by molar-refractivity contribution is 5.81. The van der Waals surface area contributed by atoms with Crippen molar-refractivity contribution in [3.8, 4) is 17.1 Å². The first kappa shape index (κ1) is 18.4. The van der Waals surface area contributed by atoms with Crippen LogP contribution in [0.2, 0.25) is 0 Å². The van der Waals surface area contributed by atoms with Gasteiger partial charge in [-0.2, -0.15) is 0 Å². The molecule has 0 saturated carbocycles. The molecule has 2 atom stereocenters. The van der Waals surface area contributed by atoms with Crippen molar-refractivity contribution in [1.29, 1.82) is 0 Å². The predicted octanol–water partition coefficient (Wildman–Crippen LogP) is 2.80. The number of anilines is 1. The second-order valence-corrected chi connectivity index (χ2v) is 7.91. The lowest BCUT2D eigenvalue weighted by atomic mass is 10.1. The van der Waals surface area contributed by atoms with Gasteiger partial charge in [-0.05, 0) is 48.5 Å². The quantitative estimate of drug-likeness (QED) is 0.554. The van der Waals surface area contributed by atoms with E-state index in [1.54, 1.807) is 24.5 Å². The Morgan fingerprint density at radius 2 is 1.65 bits per heavy atom.